The summed E-state index contributed by atoms with van der Waals surface area (Å²) in [6, 6.07) is 7.78. The lowest BCUT2D eigenvalue weighted by Gasteiger charge is -2.29. The van der Waals surface area contributed by atoms with Crippen molar-refractivity contribution in [3.63, 3.8) is 0 Å². The van der Waals surface area contributed by atoms with Gasteiger partial charge in [0.05, 0.1) is 25.9 Å². The third-order valence-corrected chi connectivity index (χ3v) is 4.71. The molecule has 0 fully saturated rings. The van der Waals surface area contributed by atoms with Crippen LogP contribution >= 0.6 is 0 Å². The number of benzene rings is 1. The maximum atomic E-state index is 11.3. The van der Waals surface area contributed by atoms with Crippen LogP contribution in [0.4, 0.5) is 0 Å². The van der Waals surface area contributed by atoms with E-state index in [0.717, 1.165) is 37.4 Å². The van der Waals surface area contributed by atoms with Crippen molar-refractivity contribution in [3.05, 3.63) is 53.9 Å². The summed E-state index contributed by atoms with van der Waals surface area (Å²) >= 11 is 0. The van der Waals surface area contributed by atoms with Crippen LogP contribution in [-0.4, -0.2) is 46.8 Å². The lowest BCUT2D eigenvalue weighted by Crippen LogP contribution is -2.44. The minimum Gasteiger partial charge on any atom is -0.497 e. The van der Waals surface area contributed by atoms with Gasteiger partial charge in [-0.25, -0.2) is 0 Å². The number of nitrogens with two attached hydrogens (primary N) is 1. The normalized spacial score (nSPS) is 16.3. The molecule has 132 valence electrons. The molecule has 1 aromatic heterocycles. The van der Waals surface area contributed by atoms with E-state index in [1.807, 2.05) is 42.1 Å². The van der Waals surface area contributed by atoms with Crippen LogP contribution in [0.1, 0.15) is 24.5 Å². The average molecular weight is 340 g/mol. The summed E-state index contributed by atoms with van der Waals surface area (Å²) in [5.74, 6) is 0.580. The molecule has 2 N–H and O–H groups in total. The highest BCUT2D eigenvalue weighted by molar-refractivity contribution is 5.79. The van der Waals surface area contributed by atoms with E-state index >= 15 is 0 Å². The fraction of sp³-hybridized carbons (Fsp3) is 0.368. The van der Waals surface area contributed by atoms with Crippen molar-refractivity contribution >= 4 is 11.5 Å². The van der Waals surface area contributed by atoms with Gasteiger partial charge in [-0.15, -0.1) is 0 Å². The van der Waals surface area contributed by atoms with Gasteiger partial charge in [0.1, 0.15) is 5.75 Å². The standard InChI is InChI=1S/C19H24N4O2/c1-14(19(20)24)22-9-7-16(8-10-22)17-11-21-23(13-17)12-15-3-5-18(25-2)6-4-15/h3-7,11,13-14H,8-10,12H2,1-2H3,(H2,20,24)/t14-/m0/s1. The van der Waals surface area contributed by atoms with Crippen LogP contribution in [0.3, 0.4) is 0 Å². The number of hydrogen-bond acceptors (Lipinski definition) is 4. The summed E-state index contributed by atoms with van der Waals surface area (Å²) in [5.41, 5.74) is 8.97. The third-order valence-electron chi connectivity index (χ3n) is 4.71. The predicted octanol–water partition coefficient (Wildman–Crippen LogP) is 1.90. The molecule has 1 aromatic carbocycles. The molecule has 6 heteroatoms. The van der Waals surface area contributed by atoms with Crippen LogP contribution in [0.15, 0.2) is 42.7 Å². The van der Waals surface area contributed by atoms with Gasteiger partial charge < -0.3 is 10.5 Å². The number of methoxy groups -OCH3 is 1. The van der Waals surface area contributed by atoms with Crippen LogP contribution in [0.5, 0.6) is 5.75 Å². The van der Waals surface area contributed by atoms with Gasteiger partial charge in [-0.3, -0.25) is 14.4 Å². The quantitative estimate of drug-likeness (QED) is 0.872. The molecule has 1 aliphatic heterocycles. The van der Waals surface area contributed by atoms with Gasteiger partial charge in [0.25, 0.3) is 0 Å². The van der Waals surface area contributed by atoms with Gasteiger partial charge in [0, 0.05) is 24.8 Å². The molecule has 25 heavy (non-hydrogen) atoms. The van der Waals surface area contributed by atoms with E-state index in [1.54, 1.807) is 7.11 Å². The fourth-order valence-electron chi connectivity index (χ4n) is 3.01. The number of nitrogens with zero attached hydrogens (tertiary/aromatic N) is 3. The van der Waals surface area contributed by atoms with E-state index in [4.69, 9.17) is 10.5 Å². The van der Waals surface area contributed by atoms with E-state index in [1.165, 1.54) is 11.1 Å². The van der Waals surface area contributed by atoms with Crippen LogP contribution in [0.2, 0.25) is 0 Å². The van der Waals surface area contributed by atoms with E-state index < -0.39 is 0 Å². The lowest BCUT2D eigenvalue weighted by molar-refractivity contribution is -0.122. The lowest BCUT2D eigenvalue weighted by atomic mass is 10.0. The molecule has 0 spiro atoms. The number of ether oxygens (including phenoxy) is 1. The van der Waals surface area contributed by atoms with Gasteiger partial charge in [0.15, 0.2) is 0 Å². The molecule has 2 aromatic rings. The van der Waals surface area contributed by atoms with Crippen LogP contribution in [0, 0.1) is 0 Å². The number of carbonyl (C=O) groups is 1. The molecule has 1 atom stereocenters. The molecular weight excluding hydrogens is 316 g/mol. The molecule has 1 amide bonds. The summed E-state index contributed by atoms with van der Waals surface area (Å²) in [4.78, 5) is 13.4. The zero-order chi connectivity index (χ0) is 17.8. The molecule has 1 aliphatic rings. The van der Waals surface area contributed by atoms with E-state index in [-0.39, 0.29) is 11.9 Å². The Morgan fingerprint density at radius 1 is 1.36 bits per heavy atom. The average Bonchev–Trinajstić information content (AvgIpc) is 3.10. The van der Waals surface area contributed by atoms with Crippen molar-refractivity contribution < 1.29 is 9.53 Å². The van der Waals surface area contributed by atoms with Gasteiger partial charge in [-0.2, -0.15) is 5.10 Å². The molecule has 0 radical (unpaired) electrons. The molecular formula is C19H24N4O2. The second kappa shape index (κ2) is 7.53. The summed E-state index contributed by atoms with van der Waals surface area (Å²) in [5, 5.41) is 4.47. The Bertz CT molecular complexity index is 764. The number of rotatable bonds is 6. The van der Waals surface area contributed by atoms with Crippen molar-refractivity contribution in [3.8, 4) is 5.75 Å². The first kappa shape index (κ1) is 17.2. The Balaban J connectivity index is 1.64. The molecule has 0 saturated heterocycles. The maximum absolute atomic E-state index is 11.3. The Morgan fingerprint density at radius 2 is 2.12 bits per heavy atom. The summed E-state index contributed by atoms with van der Waals surface area (Å²) in [7, 11) is 1.66. The molecule has 0 saturated carbocycles. The number of aromatic nitrogens is 2. The molecule has 2 heterocycles. The number of amides is 1. The Kier molecular flexibility index (Phi) is 5.19. The first-order valence-electron chi connectivity index (χ1n) is 8.45. The number of hydrogen-bond donors (Lipinski definition) is 1. The molecule has 3 rings (SSSR count). The van der Waals surface area contributed by atoms with Crippen molar-refractivity contribution in [2.24, 2.45) is 5.73 Å². The summed E-state index contributed by atoms with van der Waals surface area (Å²) in [6.07, 6.45) is 7.04. The predicted molar refractivity (Wildman–Crippen MR) is 97.1 cm³/mol. The van der Waals surface area contributed by atoms with Crippen LogP contribution < -0.4 is 10.5 Å². The topological polar surface area (TPSA) is 73.4 Å². The molecule has 6 nitrogen and oxygen atoms in total. The fourth-order valence-corrected chi connectivity index (χ4v) is 3.01. The van der Waals surface area contributed by atoms with Crippen molar-refractivity contribution in [2.75, 3.05) is 20.2 Å². The zero-order valence-corrected chi connectivity index (χ0v) is 14.7. The largest absolute Gasteiger partial charge is 0.497 e. The highest BCUT2D eigenvalue weighted by Gasteiger charge is 2.21. The minimum atomic E-state index is -0.274. The van der Waals surface area contributed by atoms with Gasteiger partial charge >= 0.3 is 0 Å². The van der Waals surface area contributed by atoms with E-state index in [2.05, 4.69) is 22.3 Å². The monoisotopic (exact) mass is 340 g/mol. The Labute approximate surface area is 147 Å². The SMILES string of the molecule is COc1ccc(Cn2cc(C3=CCN([C@@H](C)C(N)=O)CC3)cn2)cc1. The number of carbonyl (C=O) groups excluding carboxylic acids is 1. The Hall–Kier alpha value is -2.60. The maximum Gasteiger partial charge on any atom is 0.234 e. The highest BCUT2D eigenvalue weighted by Crippen LogP contribution is 2.23. The minimum absolute atomic E-state index is 0.226. The second-order valence-electron chi connectivity index (χ2n) is 6.33. The van der Waals surface area contributed by atoms with Crippen molar-refractivity contribution in [1.82, 2.24) is 14.7 Å². The van der Waals surface area contributed by atoms with Gasteiger partial charge in [-0.05, 0) is 36.6 Å². The first-order valence-corrected chi connectivity index (χ1v) is 8.45. The highest BCUT2D eigenvalue weighted by atomic mass is 16.5. The van der Waals surface area contributed by atoms with Crippen molar-refractivity contribution in [1.29, 1.82) is 0 Å². The van der Waals surface area contributed by atoms with Crippen LogP contribution in [-0.2, 0) is 11.3 Å². The second-order valence-corrected chi connectivity index (χ2v) is 6.33. The summed E-state index contributed by atoms with van der Waals surface area (Å²) in [6.45, 7) is 4.15. The van der Waals surface area contributed by atoms with Gasteiger partial charge in [0.2, 0.25) is 5.91 Å². The molecule has 0 unspecified atom stereocenters. The molecule has 0 bridgehead atoms. The Morgan fingerprint density at radius 3 is 2.72 bits per heavy atom. The third kappa shape index (κ3) is 4.09. The van der Waals surface area contributed by atoms with Crippen LogP contribution in [0.25, 0.3) is 5.57 Å². The van der Waals surface area contributed by atoms with E-state index in [9.17, 15) is 4.79 Å². The zero-order valence-electron chi connectivity index (χ0n) is 14.7. The van der Waals surface area contributed by atoms with Gasteiger partial charge in [-0.1, -0.05) is 18.2 Å². The first-order chi connectivity index (χ1) is 12.1. The summed E-state index contributed by atoms with van der Waals surface area (Å²) < 4.78 is 7.12. The smallest absolute Gasteiger partial charge is 0.234 e. The van der Waals surface area contributed by atoms with E-state index in [0.29, 0.717) is 0 Å². The van der Waals surface area contributed by atoms with Crippen molar-refractivity contribution in [2.45, 2.75) is 25.9 Å². The number of primary amides is 1. The molecule has 0 aliphatic carbocycles.